The van der Waals surface area contributed by atoms with Crippen LogP contribution in [0.5, 0.6) is 5.75 Å². The molecular formula is C15H20FNO3. The molecule has 2 atom stereocenters. The fraction of sp³-hybridized carbons (Fsp3) is 0.600. The predicted octanol–water partition coefficient (Wildman–Crippen LogP) is 2.09. The van der Waals surface area contributed by atoms with E-state index in [0.29, 0.717) is 25.4 Å². The van der Waals surface area contributed by atoms with E-state index in [1.807, 2.05) is 7.05 Å². The van der Waals surface area contributed by atoms with Crippen LogP contribution in [-0.4, -0.2) is 38.2 Å². The van der Waals surface area contributed by atoms with Gasteiger partial charge in [0, 0.05) is 24.9 Å². The Bertz CT molecular complexity index is 462. The third-order valence-electron chi connectivity index (χ3n) is 4.07. The molecular weight excluding hydrogens is 261 g/mol. The second-order valence-electron chi connectivity index (χ2n) is 5.36. The van der Waals surface area contributed by atoms with Crippen LogP contribution in [0.3, 0.4) is 0 Å². The molecule has 1 N–H and O–H groups in total. The molecule has 5 heteroatoms. The zero-order valence-electron chi connectivity index (χ0n) is 11.6. The van der Waals surface area contributed by atoms with E-state index in [1.165, 1.54) is 12.1 Å². The summed E-state index contributed by atoms with van der Waals surface area (Å²) in [5.41, 5.74) is 0. The zero-order chi connectivity index (χ0) is 14.0. The van der Waals surface area contributed by atoms with Gasteiger partial charge in [-0.25, -0.2) is 4.39 Å². The minimum Gasteiger partial charge on any atom is -0.488 e. The van der Waals surface area contributed by atoms with Crippen LogP contribution in [0.15, 0.2) is 24.3 Å². The Kier molecular flexibility index (Phi) is 3.92. The van der Waals surface area contributed by atoms with Crippen LogP contribution < -0.4 is 10.1 Å². The van der Waals surface area contributed by atoms with Crippen LogP contribution in [0.4, 0.5) is 4.39 Å². The Hall–Kier alpha value is -1.17. The van der Waals surface area contributed by atoms with Gasteiger partial charge in [0.05, 0.1) is 13.2 Å². The van der Waals surface area contributed by atoms with E-state index >= 15 is 0 Å². The number of halogens is 1. The van der Waals surface area contributed by atoms with Gasteiger partial charge in [-0.1, -0.05) is 6.07 Å². The van der Waals surface area contributed by atoms with Crippen molar-refractivity contribution in [2.75, 3.05) is 20.3 Å². The molecule has 20 heavy (non-hydrogen) atoms. The van der Waals surface area contributed by atoms with Gasteiger partial charge in [0.1, 0.15) is 17.7 Å². The van der Waals surface area contributed by atoms with Gasteiger partial charge >= 0.3 is 0 Å². The lowest BCUT2D eigenvalue weighted by atomic mass is 9.87. The van der Waals surface area contributed by atoms with Gasteiger partial charge in [-0.2, -0.15) is 0 Å². The highest BCUT2D eigenvalue weighted by atomic mass is 19.1. The first-order valence-electron chi connectivity index (χ1n) is 7.08. The number of nitrogens with one attached hydrogen (secondary N) is 1. The second-order valence-corrected chi connectivity index (χ2v) is 5.36. The molecule has 0 aromatic heterocycles. The number of hydrogen-bond donors (Lipinski definition) is 1. The summed E-state index contributed by atoms with van der Waals surface area (Å²) in [7, 11) is 1.92. The Balaban J connectivity index is 1.74. The van der Waals surface area contributed by atoms with Crippen molar-refractivity contribution < 1.29 is 18.6 Å². The van der Waals surface area contributed by atoms with Crippen LogP contribution >= 0.6 is 0 Å². The Morgan fingerprint density at radius 3 is 2.85 bits per heavy atom. The fourth-order valence-corrected chi connectivity index (χ4v) is 3.04. The molecule has 2 aliphatic rings. The summed E-state index contributed by atoms with van der Waals surface area (Å²) in [6.07, 6.45) is 2.35. The van der Waals surface area contributed by atoms with Gasteiger partial charge in [-0.15, -0.1) is 0 Å². The molecule has 1 aromatic carbocycles. The summed E-state index contributed by atoms with van der Waals surface area (Å²) in [6.45, 7) is 1.27. The highest BCUT2D eigenvalue weighted by molar-refractivity contribution is 5.23. The molecule has 1 aliphatic heterocycles. The maximum atomic E-state index is 13.2. The summed E-state index contributed by atoms with van der Waals surface area (Å²) >= 11 is 0. The topological polar surface area (TPSA) is 39.7 Å². The quantitative estimate of drug-likeness (QED) is 0.921. The molecule has 1 aromatic rings. The zero-order valence-corrected chi connectivity index (χ0v) is 11.6. The molecule has 0 amide bonds. The normalized spacial score (nSPS) is 28.7. The van der Waals surface area contributed by atoms with Crippen LogP contribution in [0.25, 0.3) is 0 Å². The molecule has 2 fully saturated rings. The SMILES string of the molecule is CNC1CCC2(CC1Oc1cccc(F)c1)OCCO2. The van der Waals surface area contributed by atoms with E-state index in [0.717, 1.165) is 12.8 Å². The van der Waals surface area contributed by atoms with Gasteiger partial charge in [0.2, 0.25) is 0 Å². The van der Waals surface area contributed by atoms with Gasteiger partial charge in [-0.3, -0.25) is 0 Å². The molecule has 1 saturated heterocycles. The number of hydrogen-bond acceptors (Lipinski definition) is 4. The number of ether oxygens (including phenoxy) is 3. The molecule has 1 spiro atoms. The largest absolute Gasteiger partial charge is 0.488 e. The maximum absolute atomic E-state index is 13.2. The predicted molar refractivity (Wildman–Crippen MR) is 72.1 cm³/mol. The molecule has 0 radical (unpaired) electrons. The number of likely N-dealkylation sites (N-methyl/N-ethyl adjacent to an activating group) is 1. The van der Waals surface area contributed by atoms with E-state index in [4.69, 9.17) is 14.2 Å². The van der Waals surface area contributed by atoms with Crippen molar-refractivity contribution in [3.05, 3.63) is 30.1 Å². The molecule has 0 bridgehead atoms. The molecule has 2 unspecified atom stereocenters. The molecule has 4 nitrogen and oxygen atoms in total. The van der Waals surface area contributed by atoms with E-state index in [1.54, 1.807) is 12.1 Å². The highest BCUT2D eigenvalue weighted by Crippen LogP contribution is 2.37. The first-order valence-corrected chi connectivity index (χ1v) is 7.08. The van der Waals surface area contributed by atoms with Crippen LogP contribution in [0.1, 0.15) is 19.3 Å². The van der Waals surface area contributed by atoms with Crippen molar-refractivity contribution >= 4 is 0 Å². The average Bonchev–Trinajstić information content (AvgIpc) is 2.87. The Morgan fingerprint density at radius 2 is 2.15 bits per heavy atom. The first-order chi connectivity index (χ1) is 9.71. The first kappa shape index (κ1) is 13.8. The van der Waals surface area contributed by atoms with Gasteiger partial charge in [0.25, 0.3) is 0 Å². The van der Waals surface area contributed by atoms with E-state index in [-0.39, 0.29) is 18.0 Å². The minimum absolute atomic E-state index is 0.0892. The van der Waals surface area contributed by atoms with Crippen molar-refractivity contribution in [1.82, 2.24) is 5.32 Å². The van der Waals surface area contributed by atoms with Gasteiger partial charge in [0.15, 0.2) is 5.79 Å². The molecule has 1 aliphatic carbocycles. The van der Waals surface area contributed by atoms with E-state index < -0.39 is 5.79 Å². The Morgan fingerprint density at radius 1 is 1.35 bits per heavy atom. The lowest BCUT2D eigenvalue weighted by molar-refractivity contribution is -0.196. The molecule has 3 rings (SSSR count). The molecule has 110 valence electrons. The Labute approximate surface area is 118 Å². The van der Waals surface area contributed by atoms with E-state index in [9.17, 15) is 4.39 Å². The number of benzene rings is 1. The lowest BCUT2D eigenvalue weighted by Gasteiger charge is -2.40. The summed E-state index contributed by atoms with van der Waals surface area (Å²) < 4.78 is 30.7. The van der Waals surface area contributed by atoms with Crippen molar-refractivity contribution in [3.8, 4) is 5.75 Å². The highest BCUT2D eigenvalue weighted by Gasteiger charge is 2.45. The van der Waals surface area contributed by atoms with Crippen molar-refractivity contribution in [3.63, 3.8) is 0 Å². The summed E-state index contributed by atoms with van der Waals surface area (Å²) in [6, 6.07) is 6.46. The molecule has 1 saturated carbocycles. The minimum atomic E-state index is -0.509. The van der Waals surface area contributed by atoms with E-state index in [2.05, 4.69) is 5.32 Å². The van der Waals surface area contributed by atoms with Crippen LogP contribution in [-0.2, 0) is 9.47 Å². The smallest absolute Gasteiger partial charge is 0.172 e. The summed E-state index contributed by atoms with van der Waals surface area (Å²) in [4.78, 5) is 0. The second kappa shape index (κ2) is 5.68. The summed E-state index contributed by atoms with van der Waals surface area (Å²) in [5, 5.41) is 3.27. The van der Waals surface area contributed by atoms with Crippen molar-refractivity contribution in [2.24, 2.45) is 0 Å². The maximum Gasteiger partial charge on any atom is 0.172 e. The lowest BCUT2D eigenvalue weighted by Crippen LogP contribution is -2.52. The average molecular weight is 281 g/mol. The van der Waals surface area contributed by atoms with Gasteiger partial charge < -0.3 is 19.5 Å². The van der Waals surface area contributed by atoms with Gasteiger partial charge in [-0.05, 0) is 25.6 Å². The van der Waals surface area contributed by atoms with Crippen LogP contribution in [0, 0.1) is 5.82 Å². The van der Waals surface area contributed by atoms with Crippen molar-refractivity contribution in [2.45, 2.75) is 37.2 Å². The molecule has 1 heterocycles. The third kappa shape index (κ3) is 2.80. The standard InChI is InChI=1S/C15H20FNO3/c1-17-13-5-6-15(18-7-8-19-15)10-14(13)20-12-4-2-3-11(16)9-12/h2-4,9,13-14,17H,5-8,10H2,1H3. The number of rotatable bonds is 3. The van der Waals surface area contributed by atoms with Crippen molar-refractivity contribution in [1.29, 1.82) is 0 Å². The summed E-state index contributed by atoms with van der Waals surface area (Å²) in [5.74, 6) is -0.251. The monoisotopic (exact) mass is 281 g/mol. The third-order valence-corrected chi connectivity index (χ3v) is 4.07. The fourth-order valence-electron chi connectivity index (χ4n) is 3.04. The van der Waals surface area contributed by atoms with Crippen LogP contribution in [0.2, 0.25) is 0 Å².